The largest absolute Gasteiger partial charge is 0.490 e. The third-order valence-electron chi connectivity index (χ3n) is 2.14. The van der Waals surface area contributed by atoms with E-state index in [0.29, 0.717) is 6.42 Å². The number of alkyl halides is 3. The molecule has 1 aliphatic heterocycles. The number of aliphatic carboxylic acids is 1. The molecule has 17 heavy (non-hydrogen) atoms. The molecule has 0 unspecified atom stereocenters. The highest BCUT2D eigenvalue weighted by molar-refractivity contribution is 5.73. The molecule has 0 aromatic heterocycles. The van der Waals surface area contributed by atoms with Gasteiger partial charge in [0.15, 0.2) is 0 Å². The standard InChI is InChI=1S/C7H13NO2.C2HF3O2/c1-7(4-8-5-7)3-6(9)10-2;3-2(4,5)1(6)7/h8H,3-5H2,1-2H3;(H,6,7). The molecule has 1 fully saturated rings. The fraction of sp³-hybridized carbons (Fsp3) is 0.778. The fourth-order valence-electron chi connectivity index (χ4n) is 1.10. The van der Waals surface area contributed by atoms with Crippen LogP contribution in [0.2, 0.25) is 0 Å². The molecule has 1 aliphatic rings. The highest BCUT2D eigenvalue weighted by Crippen LogP contribution is 2.25. The van der Waals surface area contributed by atoms with E-state index in [4.69, 9.17) is 9.90 Å². The van der Waals surface area contributed by atoms with Gasteiger partial charge in [-0.15, -0.1) is 0 Å². The van der Waals surface area contributed by atoms with Gasteiger partial charge in [0.05, 0.1) is 13.5 Å². The smallest absolute Gasteiger partial charge is 0.475 e. The lowest BCUT2D eigenvalue weighted by Gasteiger charge is -2.38. The SMILES string of the molecule is COC(=O)CC1(C)CNC1.O=C(O)C(F)(F)F. The van der Waals surface area contributed by atoms with Crippen LogP contribution < -0.4 is 5.32 Å². The lowest BCUT2D eigenvalue weighted by atomic mass is 9.81. The maximum Gasteiger partial charge on any atom is 0.490 e. The number of rotatable bonds is 2. The number of methoxy groups -OCH3 is 1. The van der Waals surface area contributed by atoms with Crippen LogP contribution in [0.5, 0.6) is 0 Å². The van der Waals surface area contributed by atoms with Crippen molar-refractivity contribution in [2.45, 2.75) is 19.5 Å². The van der Waals surface area contributed by atoms with Gasteiger partial charge in [0.1, 0.15) is 0 Å². The zero-order valence-corrected chi connectivity index (χ0v) is 9.43. The first kappa shape index (κ1) is 15.7. The molecular weight excluding hydrogens is 243 g/mol. The van der Waals surface area contributed by atoms with Crippen LogP contribution >= 0.6 is 0 Å². The number of nitrogens with one attached hydrogen (secondary N) is 1. The molecule has 5 nitrogen and oxygen atoms in total. The number of carbonyl (C=O) groups excluding carboxylic acids is 1. The molecular formula is C9H14F3NO4. The second-order valence-electron chi connectivity index (χ2n) is 3.97. The van der Waals surface area contributed by atoms with Gasteiger partial charge in [-0.2, -0.15) is 13.2 Å². The van der Waals surface area contributed by atoms with Crippen molar-refractivity contribution in [2.75, 3.05) is 20.2 Å². The van der Waals surface area contributed by atoms with Crippen molar-refractivity contribution >= 4 is 11.9 Å². The van der Waals surface area contributed by atoms with E-state index in [9.17, 15) is 18.0 Å². The first-order chi connectivity index (χ1) is 7.60. The molecule has 1 saturated heterocycles. The van der Waals surface area contributed by atoms with Gasteiger partial charge in [-0.1, -0.05) is 6.92 Å². The van der Waals surface area contributed by atoms with E-state index >= 15 is 0 Å². The number of carbonyl (C=O) groups is 2. The van der Waals surface area contributed by atoms with Crippen LogP contribution in [0.25, 0.3) is 0 Å². The van der Waals surface area contributed by atoms with E-state index in [1.165, 1.54) is 7.11 Å². The Morgan fingerprint density at radius 3 is 2.00 bits per heavy atom. The molecule has 0 aliphatic carbocycles. The number of halogens is 3. The normalized spacial score (nSPS) is 17.2. The number of hydrogen-bond donors (Lipinski definition) is 2. The maximum absolute atomic E-state index is 10.8. The molecule has 2 N–H and O–H groups in total. The Bertz CT molecular complexity index is 286. The molecule has 100 valence electrons. The summed E-state index contributed by atoms with van der Waals surface area (Å²) in [7, 11) is 1.43. The molecule has 0 aromatic rings. The third kappa shape index (κ3) is 6.10. The molecule has 0 bridgehead atoms. The van der Waals surface area contributed by atoms with Crippen molar-refractivity contribution in [3.63, 3.8) is 0 Å². The first-order valence-corrected chi connectivity index (χ1v) is 4.68. The van der Waals surface area contributed by atoms with Crippen LogP contribution in [-0.4, -0.2) is 43.4 Å². The van der Waals surface area contributed by atoms with E-state index in [1.54, 1.807) is 0 Å². The number of carboxylic acid groups (broad SMARTS) is 1. The molecule has 1 rings (SSSR count). The summed E-state index contributed by atoms with van der Waals surface area (Å²) in [5.74, 6) is -2.86. The zero-order valence-electron chi connectivity index (χ0n) is 9.43. The Hall–Kier alpha value is -1.31. The third-order valence-corrected chi connectivity index (χ3v) is 2.14. The predicted octanol–water partition coefficient (Wildman–Crippen LogP) is 0.792. The summed E-state index contributed by atoms with van der Waals surface area (Å²) in [6.45, 7) is 3.95. The molecule has 0 saturated carbocycles. The maximum atomic E-state index is 10.8. The lowest BCUT2D eigenvalue weighted by Crippen LogP contribution is -2.52. The molecule has 0 aromatic carbocycles. The Balaban J connectivity index is 0.000000325. The summed E-state index contributed by atoms with van der Waals surface area (Å²) in [6.07, 6.45) is -4.55. The summed E-state index contributed by atoms with van der Waals surface area (Å²) in [6, 6.07) is 0. The van der Waals surface area contributed by atoms with Crippen molar-refractivity contribution in [3.8, 4) is 0 Å². The molecule has 0 amide bonds. The van der Waals surface area contributed by atoms with Crippen molar-refractivity contribution in [1.82, 2.24) is 5.32 Å². The second kappa shape index (κ2) is 5.85. The minimum absolute atomic E-state index is 0.107. The van der Waals surface area contributed by atoms with Gasteiger partial charge in [-0.05, 0) is 0 Å². The molecule has 0 spiro atoms. The summed E-state index contributed by atoms with van der Waals surface area (Å²) in [5.41, 5.74) is 0.160. The van der Waals surface area contributed by atoms with E-state index in [0.717, 1.165) is 13.1 Å². The average Bonchev–Trinajstić information content (AvgIpc) is 2.14. The highest BCUT2D eigenvalue weighted by Gasteiger charge is 2.38. The Morgan fingerprint density at radius 1 is 1.41 bits per heavy atom. The molecule has 0 atom stereocenters. The van der Waals surface area contributed by atoms with Crippen molar-refractivity contribution in [3.05, 3.63) is 0 Å². The Morgan fingerprint density at radius 2 is 1.82 bits per heavy atom. The van der Waals surface area contributed by atoms with Crippen molar-refractivity contribution < 1.29 is 32.6 Å². The highest BCUT2D eigenvalue weighted by atomic mass is 19.4. The number of hydrogen-bond acceptors (Lipinski definition) is 4. The second-order valence-corrected chi connectivity index (χ2v) is 3.97. The molecule has 1 heterocycles. The lowest BCUT2D eigenvalue weighted by molar-refractivity contribution is -0.192. The summed E-state index contributed by atoms with van der Waals surface area (Å²) in [5, 5.41) is 10.2. The monoisotopic (exact) mass is 257 g/mol. The van der Waals surface area contributed by atoms with Gasteiger partial charge >= 0.3 is 18.1 Å². The fourth-order valence-corrected chi connectivity index (χ4v) is 1.10. The van der Waals surface area contributed by atoms with Crippen LogP contribution in [-0.2, 0) is 14.3 Å². The average molecular weight is 257 g/mol. The van der Waals surface area contributed by atoms with Crippen molar-refractivity contribution in [2.24, 2.45) is 5.41 Å². The van der Waals surface area contributed by atoms with E-state index in [-0.39, 0.29) is 11.4 Å². The number of esters is 1. The van der Waals surface area contributed by atoms with Gasteiger partial charge in [0, 0.05) is 18.5 Å². The van der Waals surface area contributed by atoms with Crippen LogP contribution in [0, 0.1) is 5.41 Å². The van der Waals surface area contributed by atoms with Gasteiger partial charge in [0.25, 0.3) is 0 Å². The molecule has 0 radical (unpaired) electrons. The Labute approximate surface area is 95.9 Å². The van der Waals surface area contributed by atoms with Gasteiger partial charge in [-0.3, -0.25) is 4.79 Å². The van der Waals surface area contributed by atoms with Gasteiger partial charge in [0.2, 0.25) is 0 Å². The summed E-state index contributed by atoms with van der Waals surface area (Å²) in [4.78, 5) is 19.7. The molecule has 8 heteroatoms. The number of carboxylic acids is 1. The van der Waals surface area contributed by atoms with Crippen LogP contribution in [0.4, 0.5) is 13.2 Å². The summed E-state index contributed by atoms with van der Waals surface area (Å²) >= 11 is 0. The Kier molecular flexibility index (Phi) is 5.40. The van der Waals surface area contributed by atoms with E-state index in [1.807, 2.05) is 0 Å². The zero-order chi connectivity index (χ0) is 13.7. The minimum Gasteiger partial charge on any atom is -0.475 e. The topological polar surface area (TPSA) is 75.6 Å². The van der Waals surface area contributed by atoms with Gasteiger partial charge < -0.3 is 15.2 Å². The minimum atomic E-state index is -5.08. The quantitative estimate of drug-likeness (QED) is 0.715. The van der Waals surface area contributed by atoms with Crippen LogP contribution in [0.3, 0.4) is 0 Å². The van der Waals surface area contributed by atoms with Crippen molar-refractivity contribution in [1.29, 1.82) is 0 Å². The first-order valence-electron chi connectivity index (χ1n) is 4.68. The van der Waals surface area contributed by atoms with Gasteiger partial charge in [-0.25, -0.2) is 4.79 Å². The van der Waals surface area contributed by atoms with E-state index in [2.05, 4.69) is 17.0 Å². The number of ether oxygens (including phenoxy) is 1. The van der Waals surface area contributed by atoms with E-state index < -0.39 is 12.1 Å². The van der Waals surface area contributed by atoms with Crippen LogP contribution in [0.15, 0.2) is 0 Å². The predicted molar refractivity (Wildman–Crippen MR) is 51.3 cm³/mol. The van der Waals surface area contributed by atoms with Crippen LogP contribution in [0.1, 0.15) is 13.3 Å². The summed E-state index contributed by atoms with van der Waals surface area (Å²) < 4.78 is 36.3.